The van der Waals surface area contributed by atoms with Gasteiger partial charge in [0.2, 0.25) is 23.6 Å². The molecule has 4 N–H and O–H groups in total. The Balaban J connectivity index is 1.73. The second-order valence-corrected chi connectivity index (χ2v) is 6.65. The van der Waals surface area contributed by atoms with E-state index in [0.717, 1.165) is 16.5 Å². The molecule has 2 aromatic heterocycles. The quantitative estimate of drug-likeness (QED) is 0.387. The van der Waals surface area contributed by atoms with Crippen molar-refractivity contribution in [1.82, 2.24) is 19.5 Å². The molecule has 2 heterocycles. The van der Waals surface area contributed by atoms with Crippen LogP contribution in [0.25, 0.3) is 16.9 Å². The summed E-state index contributed by atoms with van der Waals surface area (Å²) in [4.78, 5) is 24.4. The number of aromatic nitrogens is 4. The molecule has 4 rings (SSSR count). The van der Waals surface area contributed by atoms with Gasteiger partial charge in [-0.3, -0.25) is 9.36 Å². The second-order valence-electron chi connectivity index (χ2n) is 6.65. The molecule has 0 radical (unpaired) electrons. The molecule has 31 heavy (non-hydrogen) atoms. The van der Waals surface area contributed by atoms with Crippen LogP contribution in [0.3, 0.4) is 0 Å². The van der Waals surface area contributed by atoms with Crippen LogP contribution in [0, 0.1) is 0 Å². The topological polar surface area (TPSA) is 137 Å². The van der Waals surface area contributed by atoms with Crippen molar-refractivity contribution in [2.24, 2.45) is 5.73 Å². The van der Waals surface area contributed by atoms with Gasteiger partial charge in [-0.2, -0.15) is 4.98 Å². The summed E-state index contributed by atoms with van der Waals surface area (Å²) in [5, 5.41) is 14.0. The molecule has 1 amide bonds. The summed E-state index contributed by atoms with van der Waals surface area (Å²) in [7, 11) is 2.89. The first-order valence-electron chi connectivity index (χ1n) is 9.29. The standard InChI is InChI=1S/C21H20N6O4/c1-30-16-8-13(9-17(31-2)19(16)29)25-20-23-11-24-21(26-20)27-10-12(7-18(22)28)14-5-3-4-6-15(14)27/h3-6,8-11,29H,7H2,1-2H3,(H2,22,28)(H,23,24,25,26). The van der Waals surface area contributed by atoms with Gasteiger partial charge in [-0.15, -0.1) is 0 Å². The van der Waals surface area contributed by atoms with Crippen molar-refractivity contribution in [3.63, 3.8) is 0 Å². The summed E-state index contributed by atoms with van der Waals surface area (Å²) in [6.45, 7) is 0. The minimum atomic E-state index is -0.420. The van der Waals surface area contributed by atoms with Gasteiger partial charge in [-0.05, 0) is 11.6 Å². The lowest BCUT2D eigenvalue weighted by atomic mass is 10.1. The Hall–Kier alpha value is -4.34. The van der Waals surface area contributed by atoms with Gasteiger partial charge in [-0.1, -0.05) is 18.2 Å². The number of phenols is 1. The number of benzene rings is 2. The largest absolute Gasteiger partial charge is 0.502 e. The first-order chi connectivity index (χ1) is 15.0. The second kappa shape index (κ2) is 8.19. The molecule has 10 heteroatoms. The Labute approximate surface area is 177 Å². The number of nitrogens with one attached hydrogen (secondary N) is 1. The molecule has 0 spiro atoms. The predicted octanol–water partition coefficient (Wildman–Crippen LogP) is 2.31. The van der Waals surface area contributed by atoms with Gasteiger partial charge in [-0.25, -0.2) is 9.97 Å². The van der Waals surface area contributed by atoms with Crippen molar-refractivity contribution in [2.45, 2.75) is 6.42 Å². The van der Waals surface area contributed by atoms with E-state index in [9.17, 15) is 9.90 Å². The molecule has 0 aliphatic carbocycles. The maximum absolute atomic E-state index is 11.5. The van der Waals surface area contributed by atoms with Crippen LogP contribution in [0.15, 0.2) is 48.9 Å². The summed E-state index contributed by atoms with van der Waals surface area (Å²) < 4.78 is 12.1. The minimum absolute atomic E-state index is 0.104. The number of phenolic OH excluding ortho intramolecular Hbond substituents is 1. The van der Waals surface area contributed by atoms with Crippen LogP contribution in [0.1, 0.15) is 5.56 Å². The number of aromatic hydroxyl groups is 1. The third kappa shape index (κ3) is 3.90. The fourth-order valence-electron chi connectivity index (χ4n) is 3.30. The molecular formula is C21H20N6O4. The monoisotopic (exact) mass is 420 g/mol. The van der Waals surface area contributed by atoms with Gasteiger partial charge in [0.1, 0.15) is 6.33 Å². The Kier molecular flexibility index (Phi) is 5.27. The van der Waals surface area contributed by atoms with E-state index in [4.69, 9.17) is 15.2 Å². The van der Waals surface area contributed by atoms with Crippen LogP contribution in [0.4, 0.5) is 11.6 Å². The molecule has 10 nitrogen and oxygen atoms in total. The van der Waals surface area contributed by atoms with Crippen LogP contribution in [-0.4, -0.2) is 44.8 Å². The molecule has 0 aliphatic rings. The van der Waals surface area contributed by atoms with E-state index in [0.29, 0.717) is 11.6 Å². The number of nitrogens with zero attached hydrogens (tertiary/aromatic N) is 4. The van der Waals surface area contributed by atoms with Crippen LogP contribution in [0.5, 0.6) is 17.2 Å². The Morgan fingerprint density at radius 2 is 1.87 bits per heavy atom. The number of amides is 1. The van der Waals surface area contributed by atoms with Crippen LogP contribution in [0.2, 0.25) is 0 Å². The zero-order chi connectivity index (χ0) is 22.0. The highest BCUT2D eigenvalue weighted by Crippen LogP contribution is 2.39. The van der Waals surface area contributed by atoms with Crippen LogP contribution in [-0.2, 0) is 11.2 Å². The maximum atomic E-state index is 11.5. The summed E-state index contributed by atoms with van der Waals surface area (Å²) in [5.74, 6) is 0.590. The van der Waals surface area contributed by atoms with Crippen molar-refractivity contribution in [2.75, 3.05) is 19.5 Å². The Bertz CT molecular complexity index is 1240. The number of rotatable bonds is 7. The lowest BCUT2D eigenvalue weighted by Gasteiger charge is -2.12. The number of para-hydroxylation sites is 1. The summed E-state index contributed by atoms with van der Waals surface area (Å²) in [6.07, 6.45) is 3.28. The summed E-state index contributed by atoms with van der Waals surface area (Å²) >= 11 is 0. The zero-order valence-electron chi connectivity index (χ0n) is 16.9. The van der Waals surface area contributed by atoms with Gasteiger partial charge in [0.05, 0.1) is 26.2 Å². The fourth-order valence-corrected chi connectivity index (χ4v) is 3.30. The first-order valence-corrected chi connectivity index (χ1v) is 9.29. The molecular weight excluding hydrogens is 400 g/mol. The van der Waals surface area contributed by atoms with Gasteiger partial charge in [0.25, 0.3) is 0 Å². The highest BCUT2D eigenvalue weighted by Gasteiger charge is 2.15. The number of hydrogen-bond donors (Lipinski definition) is 3. The molecule has 0 unspecified atom stereocenters. The maximum Gasteiger partial charge on any atom is 0.238 e. The van der Waals surface area contributed by atoms with Crippen molar-refractivity contribution in [1.29, 1.82) is 0 Å². The number of carbonyl (C=O) groups excluding carboxylic acids is 1. The van der Waals surface area contributed by atoms with Gasteiger partial charge < -0.3 is 25.6 Å². The van der Waals surface area contributed by atoms with Crippen LogP contribution >= 0.6 is 0 Å². The van der Waals surface area contributed by atoms with E-state index in [-0.39, 0.29) is 29.6 Å². The van der Waals surface area contributed by atoms with E-state index in [1.165, 1.54) is 20.5 Å². The van der Waals surface area contributed by atoms with E-state index < -0.39 is 5.91 Å². The Morgan fingerprint density at radius 3 is 2.55 bits per heavy atom. The number of carbonyl (C=O) groups is 1. The lowest BCUT2D eigenvalue weighted by Crippen LogP contribution is -2.13. The smallest absolute Gasteiger partial charge is 0.238 e. The van der Waals surface area contributed by atoms with E-state index in [2.05, 4.69) is 20.3 Å². The molecule has 2 aromatic carbocycles. The molecule has 0 aliphatic heterocycles. The number of fused-ring (bicyclic) bond motifs is 1. The van der Waals surface area contributed by atoms with E-state index in [1.807, 2.05) is 24.3 Å². The molecule has 0 saturated heterocycles. The third-order valence-corrected chi connectivity index (χ3v) is 4.67. The van der Waals surface area contributed by atoms with Gasteiger partial charge in [0.15, 0.2) is 11.5 Å². The summed E-state index contributed by atoms with van der Waals surface area (Å²) in [6, 6.07) is 10.8. The number of ether oxygens (including phenoxy) is 2. The lowest BCUT2D eigenvalue weighted by molar-refractivity contribution is -0.117. The number of primary amides is 1. The Morgan fingerprint density at radius 1 is 1.16 bits per heavy atom. The fraction of sp³-hybridized carbons (Fsp3) is 0.143. The summed E-state index contributed by atoms with van der Waals surface area (Å²) in [5.41, 5.74) is 7.57. The number of anilines is 2. The third-order valence-electron chi connectivity index (χ3n) is 4.67. The number of hydrogen-bond acceptors (Lipinski definition) is 8. The van der Waals surface area contributed by atoms with Crippen molar-refractivity contribution < 1.29 is 19.4 Å². The van der Waals surface area contributed by atoms with Crippen molar-refractivity contribution >= 4 is 28.4 Å². The van der Waals surface area contributed by atoms with E-state index >= 15 is 0 Å². The average Bonchev–Trinajstić information content (AvgIpc) is 3.13. The predicted molar refractivity (Wildman–Crippen MR) is 114 cm³/mol. The number of nitrogens with two attached hydrogens (primary N) is 1. The van der Waals surface area contributed by atoms with Crippen molar-refractivity contribution in [3.05, 3.63) is 54.5 Å². The molecule has 4 aromatic rings. The van der Waals surface area contributed by atoms with Gasteiger partial charge in [0, 0.05) is 29.4 Å². The normalized spacial score (nSPS) is 10.8. The molecule has 0 bridgehead atoms. The first kappa shape index (κ1) is 20.0. The molecule has 0 atom stereocenters. The van der Waals surface area contributed by atoms with E-state index in [1.54, 1.807) is 22.9 Å². The molecule has 158 valence electrons. The molecule has 0 saturated carbocycles. The average molecular weight is 420 g/mol. The zero-order valence-corrected chi connectivity index (χ0v) is 16.9. The highest BCUT2D eigenvalue weighted by atomic mass is 16.5. The highest BCUT2D eigenvalue weighted by molar-refractivity contribution is 5.89. The van der Waals surface area contributed by atoms with Crippen molar-refractivity contribution in [3.8, 4) is 23.2 Å². The molecule has 0 fully saturated rings. The SMILES string of the molecule is COc1cc(Nc2ncnc(-n3cc(CC(N)=O)c4ccccc43)n2)cc(OC)c1O. The minimum Gasteiger partial charge on any atom is -0.502 e. The number of methoxy groups -OCH3 is 2. The van der Waals surface area contributed by atoms with Crippen LogP contribution < -0.4 is 20.5 Å². The van der Waals surface area contributed by atoms with Gasteiger partial charge >= 0.3 is 0 Å².